The Kier molecular flexibility index (Phi) is 4.10. The summed E-state index contributed by atoms with van der Waals surface area (Å²) in [6, 6.07) is 0. The lowest BCUT2D eigenvalue weighted by Gasteiger charge is -2.29. The van der Waals surface area contributed by atoms with Gasteiger partial charge in [-0.1, -0.05) is 6.92 Å². The second-order valence-corrected chi connectivity index (χ2v) is 7.26. The molecule has 6 heteroatoms. The number of hydrazine groups is 1. The van der Waals surface area contributed by atoms with Gasteiger partial charge < -0.3 is 5.43 Å². The zero-order chi connectivity index (χ0) is 15.0. The molecule has 3 rings (SSSR count). The van der Waals surface area contributed by atoms with Crippen LogP contribution in [0.15, 0.2) is 0 Å². The summed E-state index contributed by atoms with van der Waals surface area (Å²) in [7, 11) is 0. The lowest BCUT2D eigenvalue weighted by atomic mass is 9.99. The van der Waals surface area contributed by atoms with Gasteiger partial charge in [0.05, 0.1) is 11.9 Å². The first-order valence-electron chi connectivity index (χ1n) is 7.54. The van der Waals surface area contributed by atoms with Gasteiger partial charge in [-0.3, -0.25) is 4.90 Å². The highest BCUT2D eigenvalue weighted by atomic mass is 32.1. The van der Waals surface area contributed by atoms with Gasteiger partial charge in [-0.25, -0.2) is 15.8 Å². The van der Waals surface area contributed by atoms with Gasteiger partial charge >= 0.3 is 0 Å². The van der Waals surface area contributed by atoms with E-state index in [1.807, 2.05) is 0 Å². The van der Waals surface area contributed by atoms with Crippen LogP contribution in [0.4, 0.5) is 5.82 Å². The maximum absolute atomic E-state index is 5.67. The first-order valence-corrected chi connectivity index (χ1v) is 8.35. The summed E-state index contributed by atoms with van der Waals surface area (Å²) in [5.74, 6) is 8.13. The fourth-order valence-electron chi connectivity index (χ4n) is 2.89. The molecule has 114 valence electrons. The minimum Gasteiger partial charge on any atom is -0.308 e. The third-order valence-corrected chi connectivity index (χ3v) is 5.55. The Morgan fingerprint density at radius 2 is 2.00 bits per heavy atom. The normalized spacial score (nSPS) is 17.5. The molecular weight excluding hydrogens is 282 g/mol. The highest BCUT2D eigenvalue weighted by Crippen LogP contribution is 2.33. The van der Waals surface area contributed by atoms with E-state index in [0.717, 1.165) is 47.4 Å². The number of nitrogens with one attached hydrogen (secondary N) is 1. The number of hydrogen-bond donors (Lipinski definition) is 2. The van der Waals surface area contributed by atoms with Crippen molar-refractivity contribution >= 4 is 27.4 Å². The topological polar surface area (TPSA) is 67.1 Å². The predicted molar refractivity (Wildman–Crippen MR) is 88.4 cm³/mol. The average Bonchev–Trinajstić information content (AvgIpc) is 2.76. The molecule has 0 unspecified atom stereocenters. The molecule has 0 spiro atoms. The highest BCUT2D eigenvalue weighted by molar-refractivity contribution is 7.18. The monoisotopic (exact) mass is 305 g/mol. The molecule has 1 aliphatic heterocycles. The van der Waals surface area contributed by atoms with Crippen molar-refractivity contribution in [2.75, 3.05) is 18.5 Å². The molecular formula is C15H23N5S. The van der Waals surface area contributed by atoms with Crippen LogP contribution >= 0.6 is 11.3 Å². The Morgan fingerprint density at radius 3 is 2.67 bits per heavy atom. The summed E-state index contributed by atoms with van der Waals surface area (Å²) in [6.07, 6.45) is 2.53. The number of aromatic nitrogens is 2. The maximum atomic E-state index is 5.67. The number of fused-ring (bicyclic) bond motifs is 1. The molecule has 0 aromatic carbocycles. The fraction of sp³-hybridized carbons (Fsp3) is 0.600. The van der Waals surface area contributed by atoms with Gasteiger partial charge in [0.2, 0.25) is 0 Å². The molecule has 0 saturated carbocycles. The largest absolute Gasteiger partial charge is 0.308 e. The van der Waals surface area contributed by atoms with Crippen LogP contribution in [0, 0.1) is 19.8 Å². The molecule has 0 radical (unpaired) electrons. The van der Waals surface area contributed by atoms with E-state index in [1.165, 1.54) is 23.3 Å². The number of nitrogen functional groups attached to an aromatic ring is 1. The van der Waals surface area contributed by atoms with Gasteiger partial charge in [0.1, 0.15) is 10.7 Å². The van der Waals surface area contributed by atoms with E-state index in [-0.39, 0.29) is 0 Å². The van der Waals surface area contributed by atoms with Crippen molar-refractivity contribution in [3.05, 3.63) is 16.3 Å². The van der Waals surface area contributed by atoms with Crippen LogP contribution in [-0.2, 0) is 6.54 Å². The van der Waals surface area contributed by atoms with Crippen molar-refractivity contribution in [3.63, 3.8) is 0 Å². The Hall–Kier alpha value is -1.24. The van der Waals surface area contributed by atoms with Crippen molar-refractivity contribution < 1.29 is 0 Å². The van der Waals surface area contributed by atoms with Crippen molar-refractivity contribution in [3.8, 4) is 0 Å². The minimum absolute atomic E-state index is 0.752. The number of likely N-dealkylation sites (tertiary alicyclic amines) is 1. The molecule has 0 atom stereocenters. The molecule has 3 heterocycles. The lowest BCUT2D eigenvalue weighted by molar-refractivity contribution is 0.181. The Morgan fingerprint density at radius 1 is 1.29 bits per heavy atom. The molecule has 2 aromatic heterocycles. The first kappa shape index (κ1) is 14.7. The van der Waals surface area contributed by atoms with Crippen LogP contribution in [-0.4, -0.2) is 28.0 Å². The molecule has 5 nitrogen and oxygen atoms in total. The Balaban J connectivity index is 1.89. The van der Waals surface area contributed by atoms with Crippen molar-refractivity contribution in [2.45, 2.75) is 40.2 Å². The summed E-state index contributed by atoms with van der Waals surface area (Å²) in [5.41, 5.74) is 3.97. The van der Waals surface area contributed by atoms with E-state index in [9.17, 15) is 0 Å². The first-order chi connectivity index (χ1) is 10.1. The predicted octanol–water partition coefficient (Wildman–Crippen LogP) is 2.83. The Labute approximate surface area is 129 Å². The molecule has 0 bridgehead atoms. The third-order valence-electron chi connectivity index (χ3n) is 4.45. The summed E-state index contributed by atoms with van der Waals surface area (Å²) in [6.45, 7) is 9.63. The van der Waals surface area contributed by atoms with Gasteiger partial charge in [-0.2, -0.15) is 0 Å². The molecule has 1 saturated heterocycles. The standard InChI is InChI=1S/C15H23N5S/c1-9-4-6-20(7-5-9)8-12-17-14(19-16)13-10(2)11(3)21-15(13)18-12/h9H,4-8,16H2,1-3H3,(H,17,18,19). The minimum atomic E-state index is 0.752. The quantitative estimate of drug-likeness (QED) is 0.674. The van der Waals surface area contributed by atoms with E-state index in [4.69, 9.17) is 10.8 Å². The van der Waals surface area contributed by atoms with Crippen LogP contribution < -0.4 is 11.3 Å². The number of rotatable bonds is 3. The second-order valence-electron chi connectivity index (χ2n) is 6.05. The zero-order valence-corrected chi connectivity index (χ0v) is 13.8. The molecule has 2 aromatic rings. The van der Waals surface area contributed by atoms with Gasteiger partial charge in [0, 0.05) is 4.88 Å². The van der Waals surface area contributed by atoms with Crippen LogP contribution in [0.2, 0.25) is 0 Å². The number of nitrogens with two attached hydrogens (primary N) is 1. The maximum Gasteiger partial charge on any atom is 0.152 e. The van der Waals surface area contributed by atoms with Gasteiger partial charge in [0.25, 0.3) is 0 Å². The highest BCUT2D eigenvalue weighted by Gasteiger charge is 2.19. The van der Waals surface area contributed by atoms with E-state index in [1.54, 1.807) is 11.3 Å². The number of piperidine rings is 1. The number of thiophene rings is 1. The summed E-state index contributed by atoms with van der Waals surface area (Å²) >= 11 is 1.72. The van der Waals surface area contributed by atoms with Crippen molar-refractivity contribution in [1.82, 2.24) is 14.9 Å². The van der Waals surface area contributed by atoms with Crippen molar-refractivity contribution in [1.29, 1.82) is 0 Å². The third kappa shape index (κ3) is 2.88. The number of anilines is 1. The van der Waals surface area contributed by atoms with E-state index in [0.29, 0.717) is 0 Å². The summed E-state index contributed by atoms with van der Waals surface area (Å²) in [4.78, 5) is 14.1. The molecule has 3 N–H and O–H groups in total. The van der Waals surface area contributed by atoms with Crippen molar-refractivity contribution in [2.24, 2.45) is 11.8 Å². The fourth-order valence-corrected chi connectivity index (χ4v) is 3.94. The second kappa shape index (κ2) is 5.87. The number of aryl methyl sites for hydroxylation is 2. The van der Waals surface area contributed by atoms with Crippen LogP contribution in [0.25, 0.3) is 10.2 Å². The van der Waals surface area contributed by atoms with Crippen LogP contribution in [0.3, 0.4) is 0 Å². The summed E-state index contributed by atoms with van der Waals surface area (Å²) < 4.78 is 0. The van der Waals surface area contributed by atoms with Gasteiger partial charge in [-0.05, 0) is 51.3 Å². The average molecular weight is 305 g/mol. The number of hydrogen-bond acceptors (Lipinski definition) is 6. The van der Waals surface area contributed by atoms with Gasteiger partial charge in [0.15, 0.2) is 5.82 Å². The van der Waals surface area contributed by atoms with Gasteiger partial charge in [-0.15, -0.1) is 11.3 Å². The smallest absolute Gasteiger partial charge is 0.152 e. The van der Waals surface area contributed by atoms with E-state index >= 15 is 0 Å². The molecule has 0 aliphatic carbocycles. The molecule has 1 aliphatic rings. The SMILES string of the molecule is Cc1sc2nc(CN3CCC(C)CC3)nc(NN)c2c1C. The summed E-state index contributed by atoms with van der Waals surface area (Å²) in [5, 5.41) is 1.07. The van der Waals surface area contributed by atoms with E-state index < -0.39 is 0 Å². The Bertz CT molecular complexity index is 643. The number of nitrogens with zero attached hydrogens (tertiary/aromatic N) is 3. The molecule has 1 fully saturated rings. The zero-order valence-electron chi connectivity index (χ0n) is 12.9. The van der Waals surface area contributed by atoms with Crippen LogP contribution in [0.1, 0.15) is 36.0 Å². The van der Waals surface area contributed by atoms with E-state index in [2.05, 4.69) is 36.1 Å². The lowest BCUT2D eigenvalue weighted by Crippen LogP contribution is -2.33. The van der Waals surface area contributed by atoms with Crippen LogP contribution in [0.5, 0.6) is 0 Å². The molecule has 0 amide bonds. The molecule has 21 heavy (non-hydrogen) atoms.